The third-order valence-electron chi connectivity index (χ3n) is 9.56. The molecule has 0 amide bonds. The lowest BCUT2D eigenvalue weighted by Crippen LogP contribution is -2.52. The summed E-state index contributed by atoms with van der Waals surface area (Å²) >= 11 is 0. The standard InChI is InChI=1S/C33H62O5Si2/c1-12-39(13-2,14-3)37-32(26(7)18-19-28(9)34)29(10)33(38-40(15-4,16-5)17-6)27(8)24-36-25-30-20-22-31(35-11)23-21-30/h20-23,26-27,29,32-33H,12-19,24-25H2,1-11H3/t26-,27-,29+,32-,33-/m0/s1. The normalized spacial score (nSPS) is 16.3. The fourth-order valence-corrected chi connectivity index (χ4v) is 12.1. The Balaban J connectivity index is 3.31. The van der Waals surface area contributed by atoms with Gasteiger partial charge in [0.2, 0.25) is 0 Å². The van der Waals surface area contributed by atoms with Crippen LogP contribution in [0.5, 0.6) is 5.75 Å². The lowest BCUT2D eigenvalue weighted by molar-refractivity contribution is -0.117. The van der Waals surface area contributed by atoms with Gasteiger partial charge in [0, 0.05) is 18.3 Å². The van der Waals surface area contributed by atoms with Crippen molar-refractivity contribution >= 4 is 22.4 Å². The van der Waals surface area contributed by atoms with E-state index < -0.39 is 16.6 Å². The van der Waals surface area contributed by atoms with Crippen molar-refractivity contribution in [1.82, 2.24) is 0 Å². The number of hydrogen-bond acceptors (Lipinski definition) is 5. The highest BCUT2D eigenvalue weighted by Crippen LogP contribution is 2.37. The van der Waals surface area contributed by atoms with Crippen molar-refractivity contribution < 1.29 is 23.1 Å². The van der Waals surface area contributed by atoms with Gasteiger partial charge in [-0.2, -0.15) is 0 Å². The summed E-state index contributed by atoms with van der Waals surface area (Å²) in [6.07, 6.45) is 1.58. The summed E-state index contributed by atoms with van der Waals surface area (Å²) in [4.78, 5) is 11.9. The number of carbonyl (C=O) groups is 1. The maximum atomic E-state index is 11.9. The van der Waals surface area contributed by atoms with Gasteiger partial charge in [-0.3, -0.25) is 0 Å². The number of Topliss-reactive ketones (excluding diaryl/α,β-unsaturated/α-hetero) is 1. The van der Waals surface area contributed by atoms with Crippen LogP contribution in [0.2, 0.25) is 36.3 Å². The first kappa shape index (κ1) is 37.0. The van der Waals surface area contributed by atoms with E-state index in [9.17, 15) is 4.79 Å². The summed E-state index contributed by atoms with van der Waals surface area (Å²) in [5, 5.41) is 0. The molecule has 0 N–H and O–H groups in total. The first-order chi connectivity index (χ1) is 19.0. The fourth-order valence-electron chi connectivity index (χ4n) is 6.02. The molecule has 0 aliphatic rings. The average Bonchev–Trinajstić information content (AvgIpc) is 2.98. The zero-order valence-electron chi connectivity index (χ0n) is 27.8. The van der Waals surface area contributed by atoms with Gasteiger partial charge < -0.3 is 23.1 Å². The molecule has 0 fully saturated rings. The Kier molecular flexibility index (Phi) is 17.1. The van der Waals surface area contributed by atoms with Crippen LogP contribution in [0.3, 0.4) is 0 Å². The van der Waals surface area contributed by atoms with Crippen LogP contribution in [0, 0.1) is 17.8 Å². The molecule has 1 rings (SSSR count). The summed E-state index contributed by atoms with van der Waals surface area (Å²) < 4.78 is 26.2. The minimum absolute atomic E-state index is 0.0458. The maximum absolute atomic E-state index is 11.9. The monoisotopic (exact) mass is 594 g/mol. The summed E-state index contributed by atoms with van der Waals surface area (Å²) in [6, 6.07) is 14.8. The molecule has 0 unspecified atom stereocenters. The van der Waals surface area contributed by atoms with Gasteiger partial charge in [-0.05, 0) is 73.2 Å². The summed E-state index contributed by atoms with van der Waals surface area (Å²) in [7, 11) is -2.08. The summed E-state index contributed by atoms with van der Waals surface area (Å²) in [5.41, 5.74) is 1.14. The van der Waals surface area contributed by atoms with Gasteiger partial charge in [0.25, 0.3) is 0 Å². The Morgan fingerprint density at radius 2 is 1.20 bits per heavy atom. The van der Waals surface area contributed by atoms with Crippen LogP contribution in [0.15, 0.2) is 24.3 Å². The van der Waals surface area contributed by atoms with Gasteiger partial charge in [0.15, 0.2) is 16.6 Å². The van der Waals surface area contributed by atoms with E-state index in [1.54, 1.807) is 14.0 Å². The van der Waals surface area contributed by atoms with Crippen molar-refractivity contribution in [3.05, 3.63) is 29.8 Å². The topological polar surface area (TPSA) is 54.0 Å². The minimum Gasteiger partial charge on any atom is -0.497 e. The van der Waals surface area contributed by atoms with E-state index in [1.807, 2.05) is 12.1 Å². The molecule has 232 valence electrons. The van der Waals surface area contributed by atoms with E-state index in [-0.39, 0.29) is 35.7 Å². The highest BCUT2D eigenvalue weighted by atomic mass is 28.4. The lowest BCUT2D eigenvalue weighted by atomic mass is 9.82. The van der Waals surface area contributed by atoms with E-state index in [0.717, 1.165) is 54.0 Å². The van der Waals surface area contributed by atoms with Gasteiger partial charge in [0.05, 0.1) is 32.5 Å². The molecule has 0 heterocycles. The van der Waals surface area contributed by atoms with Gasteiger partial charge in [-0.25, -0.2) is 0 Å². The van der Waals surface area contributed by atoms with Crippen LogP contribution in [-0.2, 0) is 25.0 Å². The second-order valence-corrected chi connectivity index (χ2v) is 21.5. The van der Waals surface area contributed by atoms with Gasteiger partial charge in [-0.1, -0.05) is 74.4 Å². The molecule has 1 aromatic rings. The van der Waals surface area contributed by atoms with Crippen molar-refractivity contribution in [2.45, 2.75) is 137 Å². The quantitative estimate of drug-likeness (QED) is 0.125. The van der Waals surface area contributed by atoms with Crippen molar-refractivity contribution in [3.63, 3.8) is 0 Å². The Morgan fingerprint density at radius 3 is 1.60 bits per heavy atom. The first-order valence-corrected chi connectivity index (χ1v) is 21.1. The molecule has 7 heteroatoms. The van der Waals surface area contributed by atoms with Crippen molar-refractivity contribution in [2.24, 2.45) is 17.8 Å². The number of methoxy groups -OCH3 is 1. The highest BCUT2D eigenvalue weighted by Gasteiger charge is 2.43. The predicted molar refractivity (Wildman–Crippen MR) is 174 cm³/mol. The molecule has 5 nitrogen and oxygen atoms in total. The van der Waals surface area contributed by atoms with Crippen molar-refractivity contribution in [2.75, 3.05) is 13.7 Å². The number of hydrogen-bond donors (Lipinski definition) is 0. The second kappa shape index (κ2) is 18.5. The molecular weight excluding hydrogens is 533 g/mol. The second-order valence-electron chi connectivity index (χ2n) is 12.1. The lowest BCUT2D eigenvalue weighted by Gasteiger charge is -2.45. The van der Waals surface area contributed by atoms with Crippen LogP contribution < -0.4 is 4.74 Å². The van der Waals surface area contributed by atoms with E-state index >= 15 is 0 Å². The van der Waals surface area contributed by atoms with Crippen molar-refractivity contribution in [3.8, 4) is 5.75 Å². The molecular formula is C33H62O5Si2. The molecule has 5 atom stereocenters. The van der Waals surface area contributed by atoms with Crippen LogP contribution in [0.1, 0.15) is 87.6 Å². The molecule has 0 aliphatic carbocycles. The number of rotatable bonds is 22. The molecule has 40 heavy (non-hydrogen) atoms. The Bertz CT molecular complexity index is 806. The van der Waals surface area contributed by atoms with E-state index in [4.69, 9.17) is 18.3 Å². The zero-order valence-corrected chi connectivity index (χ0v) is 29.8. The number of benzene rings is 1. The molecule has 0 aliphatic heterocycles. The van der Waals surface area contributed by atoms with Crippen LogP contribution in [0.25, 0.3) is 0 Å². The third kappa shape index (κ3) is 11.0. The minimum atomic E-state index is -1.89. The molecule has 0 spiro atoms. The SMILES string of the molecule is CC[Si](CC)(CC)O[C@H]([C@@H](C)[C@@H](O[Si](CC)(CC)CC)[C@@H](C)COCc1ccc(OC)cc1)[C@@H](C)CCC(C)=O. The van der Waals surface area contributed by atoms with E-state index in [0.29, 0.717) is 19.6 Å². The number of ether oxygens (including phenoxy) is 2. The van der Waals surface area contributed by atoms with E-state index in [1.165, 1.54) is 0 Å². The largest absolute Gasteiger partial charge is 0.497 e. The smallest absolute Gasteiger partial charge is 0.192 e. The predicted octanol–water partition coefficient (Wildman–Crippen LogP) is 9.27. The Hall–Kier alpha value is -0.996. The molecule has 0 bridgehead atoms. The molecule has 0 saturated carbocycles. The van der Waals surface area contributed by atoms with Crippen molar-refractivity contribution in [1.29, 1.82) is 0 Å². The maximum Gasteiger partial charge on any atom is 0.192 e. The summed E-state index contributed by atoms with van der Waals surface area (Å²) in [5.74, 6) is 1.82. The van der Waals surface area contributed by atoms with Crippen LogP contribution >= 0.6 is 0 Å². The zero-order chi connectivity index (χ0) is 30.3. The Morgan fingerprint density at radius 1 is 0.750 bits per heavy atom. The third-order valence-corrected chi connectivity index (χ3v) is 18.8. The summed E-state index contributed by atoms with van der Waals surface area (Å²) in [6.45, 7) is 23.6. The number of ketones is 1. The highest BCUT2D eigenvalue weighted by molar-refractivity contribution is 6.74. The van der Waals surface area contributed by atoms with Crippen LogP contribution in [0.4, 0.5) is 0 Å². The average molecular weight is 595 g/mol. The molecule has 0 aromatic heterocycles. The Labute approximate surface area is 249 Å². The fraction of sp³-hybridized carbons (Fsp3) is 0.788. The van der Waals surface area contributed by atoms with Gasteiger partial charge in [-0.15, -0.1) is 0 Å². The van der Waals surface area contributed by atoms with Crippen LogP contribution in [-0.4, -0.2) is 48.3 Å². The number of carbonyl (C=O) groups excluding carboxylic acids is 1. The van der Waals surface area contributed by atoms with Gasteiger partial charge in [0.1, 0.15) is 11.5 Å². The molecule has 0 saturated heterocycles. The first-order valence-electron chi connectivity index (χ1n) is 16.0. The van der Waals surface area contributed by atoms with E-state index in [2.05, 4.69) is 74.4 Å². The molecule has 1 aromatic carbocycles. The molecule has 0 radical (unpaired) electrons. The van der Waals surface area contributed by atoms with Gasteiger partial charge >= 0.3 is 0 Å².